The number of alkyl halides is 2. The van der Waals surface area contributed by atoms with Crippen molar-refractivity contribution >= 4 is 41.1 Å². The van der Waals surface area contributed by atoms with Crippen molar-refractivity contribution in [1.82, 2.24) is 0 Å². The van der Waals surface area contributed by atoms with E-state index in [1.54, 1.807) is 6.92 Å². The fourth-order valence-corrected chi connectivity index (χ4v) is 4.59. The third-order valence-electron chi connectivity index (χ3n) is 6.93. The Kier molecular flexibility index (Phi) is 11.4. The maximum Gasteiger partial charge on any atom is 0.387 e. The number of benzene rings is 2. The molecule has 1 atom stereocenters. The predicted octanol–water partition coefficient (Wildman–Crippen LogP) is 8.16. The zero-order valence-corrected chi connectivity index (χ0v) is 25.1. The topological polar surface area (TPSA) is 130 Å². The monoisotopic (exact) mass is 654 g/mol. The molecule has 2 fully saturated rings. The van der Waals surface area contributed by atoms with Gasteiger partial charge >= 0.3 is 18.3 Å². The van der Waals surface area contributed by atoms with Crippen LogP contribution in [0.4, 0.5) is 14.5 Å². The third kappa shape index (κ3) is 9.30. The Morgan fingerprint density at radius 1 is 1.07 bits per heavy atom. The highest BCUT2D eigenvalue weighted by atomic mass is 35.5. The van der Waals surface area contributed by atoms with Gasteiger partial charge in [-0.2, -0.15) is 8.78 Å². The highest BCUT2D eigenvalue weighted by Crippen LogP contribution is 2.40. The lowest BCUT2D eigenvalue weighted by Gasteiger charge is -2.22. The first kappa shape index (κ1) is 33.0. The molecular formula is C30H30Cl2F2N2O8. The van der Waals surface area contributed by atoms with Crippen molar-refractivity contribution in [2.75, 3.05) is 13.2 Å². The fraction of sp³-hybridized carbons (Fsp3) is 0.400. The van der Waals surface area contributed by atoms with Crippen LogP contribution in [-0.4, -0.2) is 42.1 Å². The Bertz CT molecular complexity index is 1460. The Morgan fingerprint density at radius 3 is 2.30 bits per heavy atom. The highest BCUT2D eigenvalue weighted by Gasteiger charge is 2.28. The van der Waals surface area contributed by atoms with Crippen molar-refractivity contribution in [2.45, 2.75) is 51.7 Å². The lowest BCUT2D eigenvalue weighted by atomic mass is 9.99. The maximum absolute atomic E-state index is 13.5. The van der Waals surface area contributed by atoms with Crippen LogP contribution in [0.15, 0.2) is 63.3 Å². The number of carbonyl (C=O) groups is 1. The van der Waals surface area contributed by atoms with Gasteiger partial charge in [-0.05, 0) is 73.8 Å². The molecule has 10 nitrogen and oxygen atoms in total. The molecule has 0 unspecified atom stereocenters. The standard InChI is InChI=1S/C30H30Cl2F2N2O8/c1-2-22(31)21(23(32)14-35-38)13-26(19-8-10-25(44-30(33)34)28(11-19)42-16-18-5-6-18)43-29(37)20-7-9-24(36(39)40)27(12-20)41-15-17-3-4-17/h2,7-12,14,17-18,26,30,38H,3-6,13,15-16H2,1H3/b22-2+,23-21+,35-14+/t26-/m0/s1. The van der Waals surface area contributed by atoms with Crippen LogP contribution in [0.1, 0.15) is 61.1 Å². The second-order valence-electron chi connectivity index (χ2n) is 10.3. The van der Waals surface area contributed by atoms with Crippen molar-refractivity contribution in [3.63, 3.8) is 0 Å². The molecule has 0 amide bonds. The van der Waals surface area contributed by atoms with Gasteiger partial charge in [-0.3, -0.25) is 10.1 Å². The quantitative estimate of drug-likeness (QED) is 0.0479. The van der Waals surface area contributed by atoms with E-state index in [-0.39, 0.29) is 63.8 Å². The zero-order chi connectivity index (χ0) is 31.8. The second kappa shape index (κ2) is 15.2. The molecule has 0 aromatic heterocycles. The van der Waals surface area contributed by atoms with Crippen LogP contribution < -0.4 is 14.2 Å². The first-order valence-corrected chi connectivity index (χ1v) is 14.6. The summed E-state index contributed by atoms with van der Waals surface area (Å²) in [5, 5.41) is 23.7. The Labute approximate surface area is 262 Å². The molecule has 0 spiro atoms. The number of esters is 1. The van der Waals surface area contributed by atoms with Crippen LogP contribution >= 0.6 is 23.2 Å². The van der Waals surface area contributed by atoms with Crippen molar-refractivity contribution in [2.24, 2.45) is 17.0 Å². The summed E-state index contributed by atoms with van der Waals surface area (Å²) in [6.45, 7) is -0.895. The van der Waals surface area contributed by atoms with E-state index in [1.807, 2.05) is 0 Å². The van der Waals surface area contributed by atoms with Crippen molar-refractivity contribution in [3.8, 4) is 17.2 Å². The maximum atomic E-state index is 13.5. The van der Waals surface area contributed by atoms with Crippen molar-refractivity contribution < 1.29 is 42.7 Å². The Hall–Kier alpha value is -3.90. The number of halogens is 4. The van der Waals surface area contributed by atoms with Gasteiger partial charge in [-0.25, -0.2) is 4.79 Å². The molecule has 44 heavy (non-hydrogen) atoms. The van der Waals surface area contributed by atoms with Gasteiger partial charge in [0.05, 0.1) is 34.9 Å². The van der Waals surface area contributed by atoms with Crippen LogP contribution in [-0.2, 0) is 4.74 Å². The molecule has 0 saturated heterocycles. The normalized spacial score (nSPS) is 16.5. The minimum Gasteiger partial charge on any atom is -0.489 e. The molecule has 0 bridgehead atoms. The van der Waals surface area contributed by atoms with Crippen LogP contribution in [0.5, 0.6) is 17.2 Å². The summed E-state index contributed by atoms with van der Waals surface area (Å²) in [5.74, 6) is -0.515. The first-order valence-electron chi connectivity index (χ1n) is 13.8. The van der Waals surface area contributed by atoms with E-state index in [9.17, 15) is 23.7 Å². The summed E-state index contributed by atoms with van der Waals surface area (Å²) in [6, 6.07) is 7.77. The van der Waals surface area contributed by atoms with Gasteiger partial charge in [0.2, 0.25) is 0 Å². The predicted molar refractivity (Wildman–Crippen MR) is 158 cm³/mol. The van der Waals surface area contributed by atoms with Crippen molar-refractivity contribution in [3.05, 3.63) is 79.4 Å². The Morgan fingerprint density at radius 2 is 1.73 bits per heavy atom. The number of nitrogens with zero attached hydrogens (tertiary/aromatic N) is 2. The smallest absolute Gasteiger partial charge is 0.387 e. The highest BCUT2D eigenvalue weighted by molar-refractivity contribution is 6.42. The van der Waals surface area contributed by atoms with E-state index in [0.29, 0.717) is 17.4 Å². The van der Waals surface area contributed by atoms with Gasteiger partial charge in [0.1, 0.15) is 6.10 Å². The van der Waals surface area contributed by atoms with Crippen LogP contribution in [0.3, 0.4) is 0 Å². The van der Waals surface area contributed by atoms with E-state index < -0.39 is 23.6 Å². The van der Waals surface area contributed by atoms with Gasteiger partial charge in [0, 0.05) is 23.6 Å². The lowest BCUT2D eigenvalue weighted by molar-refractivity contribution is -0.385. The summed E-state index contributed by atoms with van der Waals surface area (Å²) in [5.41, 5.74) is 0.240. The molecular weight excluding hydrogens is 625 g/mol. The second-order valence-corrected chi connectivity index (χ2v) is 11.2. The van der Waals surface area contributed by atoms with Crippen LogP contribution in [0.25, 0.3) is 0 Å². The largest absolute Gasteiger partial charge is 0.489 e. The molecule has 2 aliphatic rings. The molecule has 2 aliphatic carbocycles. The summed E-state index contributed by atoms with van der Waals surface area (Å²) < 4.78 is 48.2. The Balaban J connectivity index is 1.71. The lowest BCUT2D eigenvalue weighted by Crippen LogP contribution is -2.15. The SMILES string of the molecule is C\C=C(Cl)/C(C[C@H](OC(=O)c1ccc([N+](=O)[O-])c(OCC2CC2)c1)c1ccc(OC(F)F)c(OCC2CC2)c1)=C(Cl)\C=N\O. The number of nitro groups is 1. The van der Waals surface area contributed by atoms with E-state index in [4.69, 9.17) is 42.6 Å². The van der Waals surface area contributed by atoms with Crippen molar-refractivity contribution in [1.29, 1.82) is 0 Å². The minimum atomic E-state index is -3.10. The number of oxime groups is 1. The van der Waals surface area contributed by atoms with E-state index in [1.165, 1.54) is 36.4 Å². The number of rotatable bonds is 16. The number of allylic oxidation sites excluding steroid dienone is 3. The fourth-order valence-electron chi connectivity index (χ4n) is 4.15. The van der Waals surface area contributed by atoms with Crippen LogP contribution in [0, 0.1) is 22.0 Å². The molecule has 0 radical (unpaired) electrons. The summed E-state index contributed by atoms with van der Waals surface area (Å²) in [6.07, 6.45) is 5.02. The van der Waals surface area contributed by atoms with Crippen LogP contribution in [0.2, 0.25) is 0 Å². The number of hydrogen-bond donors (Lipinski definition) is 1. The molecule has 2 aromatic carbocycles. The van der Waals surface area contributed by atoms with E-state index in [2.05, 4.69) is 9.89 Å². The van der Waals surface area contributed by atoms with E-state index >= 15 is 0 Å². The molecule has 14 heteroatoms. The first-order chi connectivity index (χ1) is 21.1. The molecule has 4 rings (SSSR count). The number of nitro benzene ring substituents is 1. The van der Waals surface area contributed by atoms with Gasteiger partial charge in [-0.15, -0.1) is 0 Å². The van der Waals surface area contributed by atoms with Gasteiger partial charge < -0.3 is 24.2 Å². The molecule has 0 aliphatic heterocycles. The molecule has 2 saturated carbocycles. The number of ether oxygens (including phenoxy) is 4. The molecule has 0 heterocycles. The minimum absolute atomic E-state index is 0.0209. The van der Waals surface area contributed by atoms with Gasteiger partial charge in [0.25, 0.3) is 0 Å². The third-order valence-corrected chi connectivity index (χ3v) is 7.70. The van der Waals surface area contributed by atoms with Gasteiger partial charge in [-0.1, -0.05) is 40.5 Å². The molecule has 236 valence electrons. The van der Waals surface area contributed by atoms with E-state index in [0.717, 1.165) is 38.0 Å². The summed E-state index contributed by atoms with van der Waals surface area (Å²) in [4.78, 5) is 24.4. The average Bonchev–Trinajstić information content (AvgIpc) is 3.92. The summed E-state index contributed by atoms with van der Waals surface area (Å²) >= 11 is 12.8. The molecule has 2 aromatic rings. The van der Waals surface area contributed by atoms with Gasteiger partial charge in [0.15, 0.2) is 17.2 Å². The average molecular weight is 655 g/mol. The number of carbonyl (C=O) groups excluding carboxylic acids is 1. The summed E-state index contributed by atoms with van der Waals surface area (Å²) in [7, 11) is 0. The zero-order valence-electron chi connectivity index (χ0n) is 23.6. The molecule has 1 N–H and O–H groups in total. The number of hydrogen-bond acceptors (Lipinski definition) is 9.